The summed E-state index contributed by atoms with van der Waals surface area (Å²) in [5.41, 5.74) is 1.98. The fourth-order valence-corrected chi connectivity index (χ4v) is 3.64. The van der Waals surface area contributed by atoms with Crippen LogP contribution in [0.2, 0.25) is 0 Å². The molecule has 0 bridgehead atoms. The van der Waals surface area contributed by atoms with Crippen molar-refractivity contribution in [1.82, 2.24) is 9.88 Å². The molecule has 7 heteroatoms. The van der Waals surface area contributed by atoms with Gasteiger partial charge in [-0.3, -0.25) is 15.0 Å². The Morgan fingerprint density at radius 2 is 2.04 bits per heavy atom. The number of rotatable bonds is 4. The number of benzene rings is 1. The van der Waals surface area contributed by atoms with Gasteiger partial charge in [0.05, 0.1) is 29.5 Å². The normalized spacial score (nSPS) is 20.8. The molecular weight excluding hydrogens is 336 g/mol. The average Bonchev–Trinajstić information content (AvgIpc) is 3.00. The number of nitriles is 1. The van der Waals surface area contributed by atoms with Gasteiger partial charge in [-0.15, -0.1) is 11.3 Å². The summed E-state index contributed by atoms with van der Waals surface area (Å²) in [5, 5.41) is 14.2. The van der Waals surface area contributed by atoms with Gasteiger partial charge >= 0.3 is 0 Å². The summed E-state index contributed by atoms with van der Waals surface area (Å²) in [6.07, 6.45) is 0.441. The summed E-state index contributed by atoms with van der Waals surface area (Å²) in [5.74, 6) is -0.223. The highest BCUT2D eigenvalue weighted by Gasteiger charge is 2.22. The van der Waals surface area contributed by atoms with Crippen LogP contribution in [0.25, 0.3) is 0 Å². The fourth-order valence-electron chi connectivity index (χ4n) is 2.95. The van der Waals surface area contributed by atoms with Crippen molar-refractivity contribution in [2.24, 2.45) is 0 Å². The first-order valence-corrected chi connectivity index (χ1v) is 9.05. The van der Waals surface area contributed by atoms with E-state index in [4.69, 9.17) is 10.00 Å². The zero-order valence-corrected chi connectivity index (χ0v) is 15.0. The number of ether oxygens (including phenoxy) is 1. The van der Waals surface area contributed by atoms with Crippen molar-refractivity contribution in [3.8, 4) is 6.07 Å². The van der Waals surface area contributed by atoms with Gasteiger partial charge in [0, 0.05) is 30.6 Å². The van der Waals surface area contributed by atoms with Gasteiger partial charge in [0.1, 0.15) is 0 Å². The summed E-state index contributed by atoms with van der Waals surface area (Å²) in [7, 11) is 0. The van der Waals surface area contributed by atoms with Gasteiger partial charge in [-0.2, -0.15) is 5.26 Å². The molecule has 25 heavy (non-hydrogen) atoms. The number of nitrogens with one attached hydrogen (secondary N) is 1. The molecule has 2 atom stereocenters. The summed E-state index contributed by atoms with van der Waals surface area (Å²) in [4.78, 5) is 19.1. The van der Waals surface area contributed by atoms with Crippen LogP contribution in [0.15, 0.2) is 29.6 Å². The van der Waals surface area contributed by atoms with Crippen LogP contribution in [0.1, 0.15) is 35.5 Å². The molecule has 1 amide bonds. The Balaban J connectivity index is 1.59. The summed E-state index contributed by atoms with van der Waals surface area (Å²) < 4.78 is 5.74. The largest absolute Gasteiger partial charge is 0.373 e. The van der Waals surface area contributed by atoms with Crippen LogP contribution in [-0.2, 0) is 11.3 Å². The van der Waals surface area contributed by atoms with Crippen molar-refractivity contribution in [3.05, 3.63) is 46.5 Å². The van der Waals surface area contributed by atoms with E-state index in [9.17, 15) is 4.79 Å². The highest BCUT2D eigenvalue weighted by Crippen LogP contribution is 2.20. The van der Waals surface area contributed by atoms with Gasteiger partial charge in [-0.05, 0) is 38.1 Å². The van der Waals surface area contributed by atoms with E-state index in [1.54, 1.807) is 24.3 Å². The first kappa shape index (κ1) is 17.5. The quantitative estimate of drug-likeness (QED) is 0.911. The molecule has 1 N–H and O–H groups in total. The SMILES string of the molecule is C[C@@H]1CN(Cc2csc(NC(=O)c3ccc(C#N)cc3)n2)C[C@H](C)O1. The second-order valence-corrected chi connectivity index (χ2v) is 7.10. The number of aromatic nitrogens is 1. The molecule has 130 valence electrons. The number of hydrogen-bond donors (Lipinski definition) is 1. The highest BCUT2D eigenvalue weighted by molar-refractivity contribution is 7.13. The molecule has 0 aliphatic carbocycles. The van der Waals surface area contributed by atoms with Crippen molar-refractivity contribution in [2.75, 3.05) is 18.4 Å². The summed E-state index contributed by atoms with van der Waals surface area (Å²) >= 11 is 1.42. The molecule has 2 heterocycles. The molecule has 6 nitrogen and oxygen atoms in total. The average molecular weight is 356 g/mol. The van der Waals surface area contributed by atoms with Crippen LogP contribution in [0.3, 0.4) is 0 Å². The van der Waals surface area contributed by atoms with Gasteiger partial charge in [-0.1, -0.05) is 0 Å². The van der Waals surface area contributed by atoms with Gasteiger partial charge < -0.3 is 4.74 Å². The predicted molar refractivity (Wildman–Crippen MR) is 96.5 cm³/mol. The molecule has 0 unspecified atom stereocenters. The molecule has 1 fully saturated rings. The lowest BCUT2D eigenvalue weighted by Crippen LogP contribution is -2.44. The molecule has 0 saturated carbocycles. The first-order chi connectivity index (χ1) is 12.0. The highest BCUT2D eigenvalue weighted by atomic mass is 32.1. The Morgan fingerprint density at radius 1 is 1.36 bits per heavy atom. The van der Waals surface area contributed by atoms with Crippen molar-refractivity contribution in [2.45, 2.75) is 32.6 Å². The molecule has 1 aromatic carbocycles. The van der Waals surface area contributed by atoms with E-state index in [-0.39, 0.29) is 18.1 Å². The molecule has 1 aliphatic rings. The standard InChI is InChI=1S/C18H20N4O2S/c1-12-8-22(9-13(2)24-12)10-16-11-25-18(20-16)21-17(23)15-5-3-14(7-19)4-6-15/h3-6,11-13H,8-10H2,1-2H3,(H,20,21,23)/t12-,13+. The van der Waals surface area contributed by atoms with Gasteiger partial charge in [0.15, 0.2) is 5.13 Å². The zero-order chi connectivity index (χ0) is 17.8. The van der Waals surface area contributed by atoms with Crippen LogP contribution < -0.4 is 5.32 Å². The number of morpholine rings is 1. The van der Waals surface area contributed by atoms with E-state index in [2.05, 4.69) is 29.0 Å². The number of anilines is 1. The minimum atomic E-state index is -0.223. The molecule has 1 aliphatic heterocycles. The van der Waals surface area contributed by atoms with Crippen LogP contribution in [-0.4, -0.2) is 41.1 Å². The van der Waals surface area contributed by atoms with Crippen molar-refractivity contribution < 1.29 is 9.53 Å². The van der Waals surface area contributed by atoms with Crippen LogP contribution in [0.5, 0.6) is 0 Å². The predicted octanol–water partition coefficient (Wildman–Crippen LogP) is 2.88. The lowest BCUT2D eigenvalue weighted by Gasteiger charge is -2.34. The molecule has 1 saturated heterocycles. The maximum atomic E-state index is 12.2. The van der Waals surface area contributed by atoms with Crippen LogP contribution in [0, 0.1) is 11.3 Å². The third kappa shape index (κ3) is 4.63. The zero-order valence-electron chi connectivity index (χ0n) is 14.2. The Hall–Kier alpha value is -2.27. The molecule has 0 radical (unpaired) electrons. The first-order valence-electron chi connectivity index (χ1n) is 8.17. The Labute approximate surface area is 151 Å². The Morgan fingerprint density at radius 3 is 2.68 bits per heavy atom. The molecule has 0 spiro atoms. The number of carbonyl (C=O) groups is 1. The van der Waals surface area contributed by atoms with E-state index in [1.807, 2.05) is 11.4 Å². The smallest absolute Gasteiger partial charge is 0.257 e. The van der Waals surface area contributed by atoms with Crippen LogP contribution in [0.4, 0.5) is 5.13 Å². The lowest BCUT2D eigenvalue weighted by atomic mass is 10.1. The van der Waals surface area contributed by atoms with Crippen molar-refractivity contribution in [1.29, 1.82) is 5.26 Å². The topological polar surface area (TPSA) is 78.3 Å². The minimum absolute atomic E-state index is 0.220. The summed E-state index contributed by atoms with van der Waals surface area (Å²) in [6.45, 7) is 6.67. The van der Waals surface area contributed by atoms with E-state index in [0.717, 1.165) is 25.3 Å². The van der Waals surface area contributed by atoms with E-state index < -0.39 is 0 Å². The third-order valence-electron chi connectivity index (χ3n) is 3.93. The summed E-state index contributed by atoms with van der Waals surface area (Å²) in [6, 6.07) is 8.57. The van der Waals surface area contributed by atoms with Crippen molar-refractivity contribution >= 4 is 22.4 Å². The van der Waals surface area contributed by atoms with E-state index in [0.29, 0.717) is 16.3 Å². The molecule has 3 rings (SSSR count). The molecule has 1 aromatic heterocycles. The fraction of sp³-hybridized carbons (Fsp3) is 0.389. The Bertz CT molecular complexity index is 771. The number of amides is 1. The number of nitrogens with zero attached hydrogens (tertiary/aromatic N) is 3. The number of hydrogen-bond acceptors (Lipinski definition) is 6. The second kappa shape index (κ2) is 7.74. The lowest BCUT2D eigenvalue weighted by molar-refractivity contribution is -0.0707. The van der Waals surface area contributed by atoms with Crippen molar-refractivity contribution in [3.63, 3.8) is 0 Å². The van der Waals surface area contributed by atoms with E-state index >= 15 is 0 Å². The third-order valence-corrected chi connectivity index (χ3v) is 4.74. The van der Waals surface area contributed by atoms with Crippen LogP contribution >= 0.6 is 11.3 Å². The molecular formula is C18H20N4O2S. The maximum Gasteiger partial charge on any atom is 0.257 e. The monoisotopic (exact) mass is 356 g/mol. The number of thiazole rings is 1. The van der Waals surface area contributed by atoms with E-state index in [1.165, 1.54) is 11.3 Å². The van der Waals surface area contributed by atoms with Gasteiger partial charge in [0.2, 0.25) is 0 Å². The molecule has 2 aromatic rings. The maximum absolute atomic E-state index is 12.2. The van der Waals surface area contributed by atoms with Gasteiger partial charge in [0.25, 0.3) is 5.91 Å². The minimum Gasteiger partial charge on any atom is -0.373 e. The van der Waals surface area contributed by atoms with Gasteiger partial charge in [-0.25, -0.2) is 4.98 Å². The number of carbonyl (C=O) groups excluding carboxylic acids is 1. The second-order valence-electron chi connectivity index (χ2n) is 6.24. The Kier molecular flexibility index (Phi) is 5.43.